The maximum atomic E-state index is 10.5. The first-order valence-electron chi connectivity index (χ1n) is 6.44. The minimum Gasteiger partial charge on any atom is -0.384 e. The van der Waals surface area contributed by atoms with E-state index in [0.29, 0.717) is 5.02 Å². The van der Waals surface area contributed by atoms with Crippen LogP contribution in [0.3, 0.4) is 0 Å². The third-order valence-corrected chi connectivity index (χ3v) is 3.87. The van der Waals surface area contributed by atoms with Gasteiger partial charge in [-0.25, -0.2) is 0 Å². The van der Waals surface area contributed by atoms with Gasteiger partial charge in [-0.2, -0.15) is 0 Å². The summed E-state index contributed by atoms with van der Waals surface area (Å²) in [6, 6.07) is 15.3. The third-order valence-electron chi connectivity index (χ3n) is 3.44. The summed E-state index contributed by atoms with van der Waals surface area (Å²) < 4.78 is 0. The smallest absolute Gasteiger partial charge is 0.104 e. The average Bonchev–Trinajstić information content (AvgIpc) is 2.49. The first-order valence-corrected chi connectivity index (χ1v) is 6.82. The molecule has 1 heterocycles. The van der Waals surface area contributed by atoms with Crippen molar-refractivity contribution in [3.63, 3.8) is 0 Å². The van der Waals surface area contributed by atoms with Crippen LogP contribution in [0.1, 0.15) is 22.8 Å². The molecule has 0 aliphatic rings. The van der Waals surface area contributed by atoms with Gasteiger partial charge in [0.25, 0.3) is 0 Å². The lowest BCUT2D eigenvalue weighted by Crippen LogP contribution is -2.00. The van der Waals surface area contributed by atoms with E-state index in [1.807, 2.05) is 55.5 Å². The van der Waals surface area contributed by atoms with E-state index in [4.69, 9.17) is 11.6 Å². The first kappa shape index (κ1) is 13.1. The minimum atomic E-state index is -0.669. The Balaban J connectivity index is 2.02. The van der Waals surface area contributed by atoms with Crippen molar-refractivity contribution in [3.8, 4) is 0 Å². The molecule has 0 radical (unpaired) electrons. The zero-order valence-corrected chi connectivity index (χ0v) is 11.8. The molecule has 0 aliphatic carbocycles. The second-order valence-corrected chi connectivity index (χ2v) is 5.27. The number of nitrogens with zero attached hydrogens (tertiary/aromatic N) is 1. The monoisotopic (exact) mass is 283 g/mol. The molecule has 3 heteroatoms. The van der Waals surface area contributed by atoms with Crippen molar-refractivity contribution in [3.05, 3.63) is 76.4 Å². The second kappa shape index (κ2) is 5.23. The molecule has 0 spiro atoms. The number of aryl methyl sites for hydroxylation is 1. The van der Waals surface area contributed by atoms with Crippen LogP contribution in [0.25, 0.3) is 10.9 Å². The summed E-state index contributed by atoms with van der Waals surface area (Å²) in [7, 11) is 0. The van der Waals surface area contributed by atoms with E-state index in [2.05, 4.69) is 4.98 Å². The Bertz CT molecular complexity index is 770. The van der Waals surface area contributed by atoms with Crippen LogP contribution in [0.2, 0.25) is 5.02 Å². The lowest BCUT2D eigenvalue weighted by Gasteiger charge is -2.13. The van der Waals surface area contributed by atoms with Gasteiger partial charge < -0.3 is 5.11 Å². The molecule has 0 fully saturated rings. The van der Waals surface area contributed by atoms with Crippen molar-refractivity contribution in [1.82, 2.24) is 4.98 Å². The molecule has 0 bridgehead atoms. The molecule has 20 heavy (non-hydrogen) atoms. The van der Waals surface area contributed by atoms with Gasteiger partial charge in [0.1, 0.15) is 6.10 Å². The predicted molar refractivity (Wildman–Crippen MR) is 82.0 cm³/mol. The topological polar surface area (TPSA) is 33.1 Å². The van der Waals surface area contributed by atoms with Crippen LogP contribution in [-0.4, -0.2) is 10.1 Å². The SMILES string of the molecule is Cc1cc(C(O)c2ccc3cccnc3c2)ccc1Cl. The molecule has 0 saturated carbocycles. The van der Waals surface area contributed by atoms with Crippen molar-refractivity contribution in [2.24, 2.45) is 0 Å². The summed E-state index contributed by atoms with van der Waals surface area (Å²) in [6.07, 6.45) is 1.09. The molecular formula is C17H14ClNO. The minimum absolute atomic E-state index is 0.669. The molecular weight excluding hydrogens is 270 g/mol. The quantitative estimate of drug-likeness (QED) is 0.761. The van der Waals surface area contributed by atoms with Crippen LogP contribution in [-0.2, 0) is 0 Å². The van der Waals surface area contributed by atoms with Gasteiger partial charge in [0.2, 0.25) is 0 Å². The number of aliphatic hydroxyl groups excluding tert-OH is 1. The lowest BCUT2D eigenvalue weighted by molar-refractivity contribution is 0.220. The number of hydrogen-bond acceptors (Lipinski definition) is 2. The number of halogens is 1. The van der Waals surface area contributed by atoms with Gasteiger partial charge >= 0.3 is 0 Å². The summed E-state index contributed by atoms with van der Waals surface area (Å²) in [5.41, 5.74) is 3.51. The first-order chi connectivity index (χ1) is 9.65. The molecule has 1 aromatic heterocycles. The highest BCUT2D eigenvalue weighted by atomic mass is 35.5. The van der Waals surface area contributed by atoms with Gasteiger partial charge in [-0.05, 0) is 41.8 Å². The normalized spacial score (nSPS) is 12.6. The van der Waals surface area contributed by atoms with Crippen molar-refractivity contribution < 1.29 is 5.11 Å². The molecule has 1 unspecified atom stereocenters. The van der Waals surface area contributed by atoms with Gasteiger partial charge in [-0.3, -0.25) is 4.98 Å². The van der Waals surface area contributed by atoms with Crippen LogP contribution in [0.5, 0.6) is 0 Å². The largest absolute Gasteiger partial charge is 0.384 e. The summed E-state index contributed by atoms with van der Waals surface area (Å²) in [5, 5.41) is 12.3. The lowest BCUT2D eigenvalue weighted by atomic mass is 9.99. The van der Waals surface area contributed by atoms with Crippen LogP contribution < -0.4 is 0 Å². The Labute approximate surface area is 122 Å². The average molecular weight is 284 g/mol. The highest BCUT2D eigenvalue weighted by molar-refractivity contribution is 6.31. The summed E-state index contributed by atoms with van der Waals surface area (Å²) in [4.78, 5) is 4.32. The molecule has 1 N–H and O–H groups in total. The molecule has 2 nitrogen and oxygen atoms in total. The molecule has 1 atom stereocenters. The zero-order chi connectivity index (χ0) is 14.1. The van der Waals surface area contributed by atoms with Gasteiger partial charge in [-0.1, -0.05) is 41.9 Å². The Kier molecular flexibility index (Phi) is 3.43. The molecule has 3 rings (SSSR count). The highest BCUT2D eigenvalue weighted by Crippen LogP contribution is 2.27. The summed E-state index contributed by atoms with van der Waals surface area (Å²) in [5.74, 6) is 0. The van der Waals surface area contributed by atoms with Gasteiger partial charge in [0.05, 0.1) is 5.52 Å². The Morgan fingerprint density at radius 1 is 1.05 bits per heavy atom. The fraction of sp³-hybridized carbons (Fsp3) is 0.118. The fourth-order valence-corrected chi connectivity index (χ4v) is 2.40. The van der Waals surface area contributed by atoms with E-state index >= 15 is 0 Å². The number of fused-ring (bicyclic) bond motifs is 1. The Morgan fingerprint density at radius 3 is 2.60 bits per heavy atom. The Hall–Kier alpha value is -1.90. The van der Waals surface area contributed by atoms with Crippen LogP contribution in [0, 0.1) is 6.92 Å². The number of benzene rings is 2. The molecule has 0 amide bonds. The van der Waals surface area contributed by atoms with E-state index in [1.54, 1.807) is 6.20 Å². The van der Waals surface area contributed by atoms with Gasteiger partial charge in [0.15, 0.2) is 0 Å². The van der Waals surface area contributed by atoms with Gasteiger partial charge in [0, 0.05) is 16.6 Å². The molecule has 100 valence electrons. The molecule has 3 aromatic rings. The zero-order valence-electron chi connectivity index (χ0n) is 11.0. The second-order valence-electron chi connectivity index (χ2n) is 4.87. The number of aromatic nitrogens is 1. The van der Waals surface area contributed by atoms with Crippen LogP contribution in [0.4, 0.5) is 0 Å². The van der Waals surface area contributed by atoms with E-state index in [9.17, 15) is 5.11 Å². The van der Waals surface area contributed by atoms with Crippen LogP contribution >= 0.6 is 11.6 Å². The number of hydrogen-bond donors (Lipinski definition) is 1. The van der Waals surface area contributed by atoms with Crippen molar-refractivity contribution in [2.75, 3.05) is 0 Å². The maximum absolute atomic E-state index is 10.5. The van der Waals surface area contributed by atoms with E-state index in [-0.39, 0.29) is 0 Å². The highest BCUT2D eigenvalue weighted by Gasteiger charge is 2.12. The number of pyridine rings is 1. The Morgan fingerprint density at radius 2 is 1.80 bits per heavy atom. The molecule has 2 aromatic carbocycles. The standard InChI is InChI=1S/C17H14ClNO/c1-11-9-13(6-7-15(11)18)17(20)14-5-4-12-3-2-8-19-16(12)10-14/h2-10,17,20H,1H3. The van der Waals surface area contributed by atoms with Crippen molar-refractivity contribution in [2.45, 2.75) is 13.0 Å². The maximum Gasteiger partial charge on any atom is 0.104 e. The van der Waals surface area contributed by atoms with Crippen molar-refractivity contribution >= 4 is 22.5 Å². The fourth-order valence-electron chi connectivity index (χ4n) is 2.28. The molecule has 0 aliphatic heterocycles. The molecule has 0 saturated heterocycles. The summed E-state index contributed by atoms with van der Waals surface area (Å²) >= 11 is 6.02. The van der Waals surface area contributed by atoms with Crippen LogP contribution in [0.15, 0.2) is 54.7 Å². The summed E-state index contributed by atoms with van der Waals surface area (Å²) in [6.45, 7) is 1.93. The number of aliphatic hydroxyl groups is 1. The number of rotatable bonds is 2. The van der Waals surface area contributed by atoms with E-state index in [1.165, 1.54) is 0 Å². The predicted octanol–water partition coefficient (Wildman–Crippen LogP) is 4.28. The van der Waals surface area contributed by atoms with Crippen molar-refractivity contribution in [1.29, 1.82) is 0 Å². The van der Waals surface area contributed by atoms with E-state index in [0.717, 1.165) is 27.6 Å². The van der Waals surface area contributed by atoms with E-state index < -0.39 is 6.10 Å². The van der Waals surface area contributed by atoms with Gasteiger partial charge in [-0.15, -0.1) is 0 Å². The third kappa shape index (κ3) is 2.40.